The van der Waals surface area contributed by atoms with E-state index < -0.39 is 18.1 Å². The van der Waals surface area contributed by atoms with Crippen LogP contribution in [-0.2, 0) is 20.7 Å². The van der Waals surface area contributed by atoms with Gasteiger partial charge in [0.2, 0.25) is 0 Å². The van der Waals surface area contributed by atoms with E-state index in [1.165, 1.54) is 11.3 Å². The van der Waals surface area contributed by atoms with E-state index in [4.69, 9.17) is 4.74 Å². The molecule has 1 saturated heterocycles. The first-order chi connectivity index (χ1) is 12.5. The number of carbonyl (C=O) groups is 2. The number of nitrogens with zero attached hydrogens (tertiary/aromatic N) is 2. The predicted molar refractivity (Wildman–Crippen MR) is 98.7 cm³/mol. The Balaban J connectivity index is 1.77. The van der Waals surface area contributed by atoms with E-state index >= 15 is 0 Å². The third-order valence-electron chi connectivity index (χ3n) is 4.38. The van der Waals surface area contributed by atoms with E-state index in [0.29, 0.717) is 12.8 Å². The van der Waals surface area contributed by atoms with Crippen molar-refractivity contribution in [1.29, 1.82) is 0 Å². The zero-order chi connectivity index (χ0) is 18.7. The van der Waals surface area contributed by atoms with Crippen LogP contribution in [0.1, 0.15) is 26.0 Å². The lowest BCUT2D eigenvalue weighted by Gasteiger charge is -2.27. The molecule has 0 saturated carbocycles. The van der Waals surface area contributed by atoms with Crippen LogP contribution < -0.4 is 0 Å². The summed E-state index contributed by atoms with van der Waals surface area (Å²) in [5.74, 6) is -1.10. The number of hydrogen-bond acceptors (Lipinski definition) is 6. The van der Waals surface area contributed by atoms with E-state index in [0.717, 1.165) is 16.3 Å². The lowest BCUT2D eigenvalue weighted by molar-refractivity contribution is -0.145. The van der Waals surface area contributed by atoms with Crippen LogP contribution in [0.4, 0.5) is 0 Å². The Bertz CT molecular complexity index is 775. The summed E-state index contributed by atoms with van der Waals surface area (Å²) in [5.41, 5.74) is 1.80. The molecule has 1 aromatic carbocycles. The molecule has 6 nitrogen and oxygen atoms in total. The number of hydrogen-bond donors (Lipinski definition) is 1. The first kappa shape index (κ1) is 18.5. The van der Waals surface area contributed by atoms with Gasteiger partial charge in [0.05, 0.1) is 5.69 Å². The van der Waals surface area contributed by atoms with Crippen molar-refractivity contribution in [3.05, 3.63) is 41.4 Å². The molecule has 1 aliphatic heterocycles. The van der Waals surface area contributed by atoms with Gasteiger partial charge in [-0.15, -0.1) is 11.3 Å². The van der Waals surface area contributed by atoms with Crippen molar-refractivity contribution in [3.63, 3.8) is 0 Å². The summed E-state index contributed by atoms with van der Waals surface area (Å²) in [5, 5.41) is 12.4. The van der Waals surface area contributed by atoms with E-state index in [1.54, 1.807) is 4.90 Å². The van der Waals surface area contributed by atoms with Gasteiger partial charge in [-0.05, 0) is 12.3 Å². The van der Waals surface area contributed by atoms with Crippen LogP contribution in [0, 0.1) is 5.92 Å². The van der Waals surface area contributed by atoms with Gasteiger partial charge in [0.1, 0.15) is 23.8 Å². The minimum absolute atomic E-state index is 0.0167. The number of thiazole rings is 1. The van der Waals surface area contributed by atoms with Gasteiger partial charge < -0.3 is 9.84 Å². The van der Waals surface area contributed by atoms with Gasteiger partial charge in [-0.1, -0.05) is 44.2 Å². The van der Waals surface area contributed by atoms with E-state index in [-0.39, 0.29) is 18.6 Å². The number of aromatic nitrogens is 1. The highest BCUT2D eigenvalue weighted by molar-refractivity contribution is 7.13. The Morgan fingerprint density at radius 1 is 1.38 bits per heavy atom. The maximum Gasteiger partial charge on any atom is 0.325 e. The molecule has 2 heterocycles. The van der Waals surface area contributed by atoms with E-state index in [1.807, 2.05) is 49.6 Å². The van der Waals surface area contributed by atoms with E-state index in [9.17, 15) is 14.7 Å². The molecule has 1 N–H and O–H groups in total. The summed E-state index contributed by atoms with van der Waals surface area (Å²) >= 11 is 1.52. The number of ether oxygens (including phenoxy) is 1. The molecule has 0 aliphatic carbocycles. The lowest BCUT2D eigenvalue weighted by atomic mass is 10.0. The molecule has 0 bridgehead atoms. The third kappa shape index (κ3) is 4.11. The highest BCUT2D eigenvalue weighted by atomic mass is 32.1. The van der Waals surface area contributed by atoms with Crippen molar-refractivity contribution in [1.82, 2.24) is 9.88 Å². The molecule has 1 aromatic heterocycles. The Morgan fingerprint density at radius 3 is 2.77 bits per heavy atom. The number of benzene rings is 1. The molecule has 0 radical (unpaired) electrons. The van der Waals surface area contributed by atoms with Crippen molar-refractivity contribution in [2.75, 3.05) is 6.73 Å². The highest BCUT2D eigenvalue weighted by Crippen LogP contribution is 2.27. The Kier molecular flexibility index (Phi) is 5.68. The van der Waals surface area contributed by atoms with Gasteiger partial charge in [0, 0.05) is 17.4 Å². The summed E-state index contributed by atoms with van der Waals surface area (Å²) in [7, 11) is 0. The SMILES string of the molecule is CC(C)C[C@@H](C(=O)O)N1COC(=O)[C@@H]1Cc1csc(-c2ccccc2)n1. The fourth-order valence-electron chi connectivity index (χ4n) is 3.10. The summed E-state index contributed by atoms with van der Waals surface area (Å²) < 4.78 is 5.15. The third-order valence-corrected chi connectivity index (χ3v) is 5.32. The first-order valence-corrected chi connectivity index (χ1v) is 9.48. The fourth-order valence-corrected chi connectivity index (χ4v) is 3.94. The summed E-state index contributed by atoms with van der Waals surface area (Å²) in [4.78, 5) is 30.2. The van der Waals surface area contributed by atoms with E-state index in [2.05, 4.69) is 4.98 Å². The normalized spacial score (nSPS) is 18.9. The molecule has 0 spiro atoms. The number of carboxylic acid groups (broad SMARTS) is 1. The molecule has 0 unspecified atom stereocenters. The second-order valence-corrected chi connectivity index (χ2v) is 7.68. The fraction of sp³-hybridized carbons (Fsp3) is 0.421. The second kappa shape index (κ2) is 7.97. The molecule has 26 heavy (non-hydrogen) atoms. The zero-order valence-corrected chi connectivity index (χ0v) is 15.6. The molecule has 138 valence electrons. The Morgan fingerprint density at radius 2 is 2.12 bits per heavy atom. The van der Waals surface area contributed by atoms with Gasteiger partial charge in [0.15, 0.2) is 0 Å². The maximum atomic E-state index is 12.2. The monoisotopic (exact) mass is 374 g/mol. The van der Waals surface area contributed by atoms with Gasteiger partial charge in [0.25, 0.3) is 0 Å². The van der Waals surface area contributed by atoms with Crippen molar-refractivity contribution >= 4 is 23.3 Å². The highest BCUT2D eigenvalue weighted by Gasteiger charge is 2.42. The van der Waals surface area contributed by atoms with Crippen molar-refractivity contribution in [3.8, 4) is 10.6 Å². The Hall–Kier alpha value is -2.25. The van der Waals surface area contributed by atoms with Gasteiger partial charge in [-0.2, -0.15) is 0 Å². The maximum absolute atomic E-state index is 12.2. The predicted octanol–water partition coefficient (Wildman–Crippen LogP) is 3.04. The molecular formula is C19H22N2O4S. The van der Waals surface area contributed by atoms with Crippen LogP contribution >= 0.6 is 11.3 Å². The molecule has 2 atom stereocenters. The largest absolute Gasteiger partial charge is 0.480 e. The van der Waals surface area contributed by atoms with Crippen LogP contribution in [0.5, 0.6) is 0 Å². The Labute approximate surface area is 156 Å². The number of esters is 1. The number of aliphatic carboxylic acids is 1. The molecule has 3 rings (SSSR count). The number of rotatable bonds is 7. The quantitative estimate of drug-likeness (QED) is 0.751. The number of cyclic esters (lactones) is 1. The standard InChI is InChI=1S/C19H22N2O4S/c1-12(2)8-15(18(22)23)21-11-25-19(24)16(21)9-14-10-26-17(20-14)13-6-4-3-5-7-13/h3-7,10,12,15-16H,8-9,11H2,1-2H3,(H,22,23)/t15-,16-/m0/s1. The topological polar surface area (TPSA) is 79.7 Å². The molecule has 0 amide bonds. The minimum Gasteiger partial charge on any atom is -0.480 e. The minimum atomic E-state index is -0.926. The van der Waals surface area contributed by atoms with Gasteiger partial charge >= 0.3 is 11.9 Å². The zero-order valence-electron chi connectivity index (χ0n) is 14.8. The molecular weight excluding hydrogens is 352 g/mol. The van der Waals surface area contributed by atoms with Crippen molar-refractivity contribution in [2.24, 2.45) is 5.92 Å². The van der Waals surface area contributed by atoms with Crippen molar-refractivity contribution < 1.29 is 19.4 Å². The van der Waals surface area contributed by atoms with Gasteiger partial charge in [-0.3, -0.25) is 9.59 Å². The van der Waals surface area contributed by atoms with Crippen molar-refractivity contribution in [2.45, 2.75) is 38.8 Å². The number of carboxylic acids is 1. The second-order valence-electron chi connectivity index (χ2n) is 6.82. The van der Waals surface area contributed by atoms with Crippen LogP contribution in [0.2, 0.25) is 0 Å². The van der Waals surface area contributed by atoms with Crippen LogP contribution in [-0.4, -0.2) is 45.7 Å². The molecule has 2 aromatic rings. The van der Waals surface area contributed by atoms with Crippen LogP contribution in [0.15, 0.2) is 35.7 Å². The number of carbonyl (C=O) groups excluding carboxylic acids is 1. The van der Waals surface area contributed by atoms with Crippen LogP contribution in [0.25, 0.3) is 10.6 Å². The molecule has 1 fully saturated rings. The molecule has 1 aliphatic rings. The smallest absolute Gasteiger partial charge is 0.325 e. The first-order valence-electron chi connectivity index (χ1n) is 8.60. The summed E-state index contributed by atoms with van der Waals surface area (Å²) in [6.45, 7) is 3.95. The lowest BCUT2D eigenvalue weighted by Crippen LogP contribution is -2.47. The summed E-state index contributed by atoms with van der Waals surface area (Å²) in [6.07, 6.45) is 0.818. The average Bonchev–Trinajstić information content (AvgIpc) is 3.21. The average molecular weight is 374 g/mol. The van der Waals surface area contributed by atoms with Gasteiger partial charge in [-0.25, -0.2) is 9.88 Å². The van der Waals surface area contributed by atoms with Crippen LogP contribution in [0.3, 0.4) is 0 Å². The summed E-state index contributed by atoms with van der Waals surface area (Å²) in [6, 6.07) is 8.49. The molecule has 7 heteroatoms.